The lowest BCUT2D eigenvalue weighted by atomic mass is 10.0. The maximum Gasteiger partial charge on any atom is 0.200 e. The predicted octanol–water partition coefficient (Wildman–Crippen LogP) is 1.48. The third-order valence-electron chi connectivity index (χ3n) is 3.28. The number of tetrazole rings is 1. The molecule has 17 heavy (non-hydrogen) atoms. The van der Waals surface area contributed by atoms with Gasteiger partial charge in [-0.25, -0.2) is 0 Å². The third-order valence-corrected chi connectivity index (χ3v) is 3.79. The number of hydrogen-bond donors (Lipinski definition) is 1. The Balaban J connectivity index is 1.88. The zero-order valence-corrected chi connectivity index (χ0v) is 10.1. The first-order chi connectivity index (χ1) is 8.31. The van der Waals surface area contributed by atoms with Crippen LogP contribution in [0.4, 0.5) is 5.82 Å². The van der Waals surface area contributed by atoms with E-state index in [9.17, 15) is 0 Å². The zero-order valence-electron chi connectivity index (χ0n) is 9.30. The van der Waals surface area contributed by atoms with Gasteiger partial charge in [0.1, 0.15) is 5.82 Å². The van der Waals surface area contributed by atoms with Crippen LogP contribution in [0.2, 0.25) is 0 Å². The molecule has 1 fully saturated rings. The monoisotopic (exact) mass is 252 g/mol. The molecule has 0 aromatic carbocycles. The van der Waals surface area contributed by atoms with Crippen molar-refractivity contribution in [2.45, 2.75) is 31.2 Å². The van der Waals surface area contributed by atoms with Gasteiger partial charge in [0, 0.05) is 5.88 Å². The average Bonchev–Trinajstić information content (AvgIpc) is 2.97. The van der Waals surface area contributed by atoms with Crippen molar-refractivity contribution in [1.29, 1.82) is 0 Å². The minimum absolute atomic E-state index is 0.0176. The zero-order chi connectivity index (χ0) is 11.7. The number of nitrogens with zero attached hydrogens (tertiary/aromatic N) is 5. The summed E-state index contributed by atoms with van der Waals surface area (Å²) < 4.78 is 1.42. The predicted molar refractivity (Wildman–Crippen MR) is 64.1 cm³/mol. The van der Waals surface area contributed by atoms with Crippen molar-refractivity contribution < 1.29 is 0 Å². The second-order valence-electron chi connectivity index (χ2n) is 4.49. The molecule has 2 aromatic rings. The highest BCUT2D eigenvalue weighted by Crippen LogP contribution is 2.33. The van der Waals surface area contributed by atoms with Crippen LogP contribution in [0.25, 0.3) is 5.65 Å². The average molecular weight is 253 g/mol. The standard InChI is InChI=1S/C10H13ClN6/c11-7-10(5-1-2-6-10)12-8-3-4-9-13-15-16-17(9)14-8/h3-4H,1-2,5-7H2,(H,12,14). The molecule has 1 aliphatic rings. The molecule has 0 amide bonds. The number of alkyl halides is 1. The van der Waals surface area contributed by atoms with Crippen LogP contribution in [0.1, 0.15) is 25.7 Å². The van der Waals surface area contributed by atoms with Crippen molar-refractivity contribution in [1.82, 2.24) is 25.3 Å². The topological polar surface area (TPSA) is 68.0 Å². The number of anilines is 1. The summed E-state index contributed by atoms with van der Waals surface area (Å²) in [6, 6.07) is 3.73. The van der Waals surface area contributed by atoms with Crippen molar-refractivity contribution in [2.75, 3.05) is 11.2 Å². The van der Waals surface area contributed by atoms with Crippen molar-refractivity contribution in [3.63, 3.8) is 0 Å². The number of aromatic nitrogens is 5. The number of fused-ring (bicyclic) bond motifs is 1. The van der Waals surface area contributed by atoms with Gasteiger partial charge >= 0.3 is 0 Å². The van der Waals surface area contributed by atoms with Gasteiger partial charge in [0.05, 0.1) is 5.54 Å². The Hall–Kier alpha value is -1.43. The summed E-state index contributed by atoms with van der Waals surface area (Å²) in [5.41, 5.74) is 0.623. The Morgan fingerprint density at radius 1 is 1.35 bits per heavy atom. The first-order valence-electron chi connectivity index (χ1n) is 5.71. The van der Waals surface area contributed by atoms with E-state index in [-0.39, 0.29) is 5.54 Å². The largest absolute Gasteiger partial charge is 0.362 e. The van der Waals surface area contributed by atoms with Crippen LogP contribution in [0.15, 0.2) is 12.1 Å². The molecule has 0 spiro atoms. The van der Waals surface area contributed by atoms with Gasteiger partial charge in [-0.3, -0.25) is 0 Å². The van der Waals surface area contributed by atoms with Crippen LogP contribution in [-0.2, 0) is 0 Å². The Bertz CT molecular complexity index is 518. The van der Waals surface area contributed by atoms with Gasteiger partial charge in [0.25, 0.3) is 0 Å². The molecule has 0 atom stereocenters. The molecule has 6 nitrogen and oxygen atoms in total. The second kappa shape index (κ2) is 4.10. The fraction of sp³-hybridized carbons (Fsp3) is 0.600. The molecule has 1 N–H and O–H groups in total. The highest BCUT2D eigenvalue weighted by atomic mass is 35.5. The molecule has 0 aliphatic heterocycles. The molecule has 0 saturated heterocycles. The van der Waals surface area contributed by atoms with Crippen molar-refractivity contribution in [3.8, 4) is 0 Å². The number of nitrogens with one attached hydrogen (secondary N) is 1. The minimum Gasteiger partial charge on any atom is -0.362 e. The Labute approximate surface area is 103 Å². The Morgan fingerprint density at radius 2 is 2.18 bits per heavy atom. The van der Waals surface area contributed by atoms with E-state index < -0.39 is 0 Å². The molecule has 2 aromatic heterocycles. The molecule has 0 radical (unpaired) electrons. The summed E-state index contributed by atoms with van der Waals surface area (Å²) >= 11 is 6.07. The molecular formula is C10H13ClN6. The summed E-state index contributed by atoms with van der Waals surface area (Å²) in [5.74, 6) is 1.37. The quantitative estimate of drug-likeness (QED) is 0.838. The molecule has 0 bridgehead atoms. The maximum atomic E-state index is 6.07. The maximum absolute atomic E-state index is 6.07. The lowest BCUT2D eigenvalue weighted by Gasteiger charge is -2.28. The molecule has 1 aliphatic carbocycles. The van der Waals surface area contributed by atoms with Gasteiger partial charge in [-0.15, -0.1) is 26.4 Å². The summed E-state index contributed by atoms with van der Waals surface area (Å²) in [4.78, 5) is 0. The molecular weight excluding hydrogens is 240 g/mol. The van der Waals surface area contributed by atoms with Gasteiger partial charge in [-0.05, 0) is 35.4 Å². The molecule has 3 rings (SSSR count). The number of hydrogen-bond acceptors (Lipinski definition) is 5. The summed E-state index contributed by atoms with van der Waals surface area (Å²) in [6.07, 6.45) is 4.61. The van der Waals surface area contributed by atoms with Gasteiger partial charge in [-0.2, -0.15) is 0 Å². The third kappa shape index (κ3) is 1.93. The molecule has 90 valence electrons. The highest BCUT2D eigenvalue weighted by molar-refractivity contribution is 6.18. The Kier molecular flexibility index (Phi) is 2.58. The normalized spacial score (nSPS) is 18.6. The van der Waals surface area contributed by atoms with Gasteiger partial charge in [0.2, 0.25) is 0 Å². The van der Waals surface area contributed by atoms with Crippen LogP contribution in [0, 0.1) is 0 Å². The molecule has 7 heteroatoms. The lowest BCUT2D eigenvalue weighted by molar-refractivity contribution is 0.534. The summed E-state index contributed by atoms with van der Waals surface area (Å²) in [6.45, 7) is 0. The number of halogens is 1. The van der Waals surface area contributed by atoms with Crippen molar-refractivity contribution in [3.05, 3.63) is 12.1 Å². The summed E-state index contributed by atoms with van der Waals surface area (Å²) in [7, 11) is 0. The molecule has 0 unspecified atom stereocenters. The van der Waals surface area contributed by atoms with Crippen LogP contribution < -0.4 is 5.32 Å². The number of rotatable bonds is 3. The second-order valence-corrected chi connectivity index (χ2v) is 4.76. The smallest absolute Gasteiger partial charge is 0.200 e. The van der Waals surface area contributed by atoms with E-state index in [1.807, 2.05) is 12.1 Å². The van der Waals surface area contributed by atoms with Gasteiger partial charge in [-0.1, -0.05) is 12.8 Å². The minimum atomic E-state index is -0.0176. The first kappa shape index (κ1) is 10.7. The van der Waals surface area contributed by atoms with E-state index in [1.54, 1.807) is 0 Å². The summed E-state index contributed by atoms with van der Waals surface area (Å²) in [5, 5.41) is 18.9. The lowest BCUT2D eigenvalue weighted by Crippen LogP contribution is -2.37. The SMILES string of the molecule is ClCC1(Nc2ccc3nnnn3n2)CCCC1. The van der Waals surface area contributed by atoms with E-state index in [0.717, 1.165) is 18.7 Å². The molecule has 2 heterocycles. The van der Waals surface area contributed by atoms with Gasteiger partial charge < -0.3 is 5.32 Å². The van der Waals surface area contributed by atoms with Crippen molar-refractivity contribution >= 4 is 23.1 Å². The van der Waals surface area contributed by atoms with Crippen LogP contribution >= 0.6 is 11.6 Å². The van der Waals surface area contributed by atoms with E-state index in [0.29, 0.717) is 11.5 Å². The van der Waals surface area contributed by atoms with E-state index in [1.165, 1.54) is 17.5 Å². The van der Waals surface area contributed by atoms with Crippen LogP contribution in [0.3, 0.4) is 0 Å². The first-order valence-corrected chi connectivity index (χ1v) is 6.24. The van der Waals surface area contributed by atoms with E-state index >= 15 is 0 Å². The van der Waals surface area contributed by atoms with Gasteiger partial charge in [0.15, 0.2) is 5.65 Å². The van der Waals surface area contributed by atoms with Crippen molar-refractivity contribution in [2.24, 2.45) is 0 Å². The fourth-order valence-corrected chi connectivity index (χ4v) is 2.67. The van der Waals surface area contributed by atoms with Crippen LogP contribution in [0.5, 0.6) is 0 Å². The van der Waals surface area contributed by atoms with E-state index in [2.05, 4.69) is 25.9 Å². The highest BCUT2D eigenvalue weighted by Gasteiger charge is 2.33. The van der Waals surface area contributed by atoms with Crippen LogP contribution in [-0.4, -0.2) is 36.7 Å². The Morgan fingerprint density at radius 3 is 2.94 bits per heavy atom. The van der Waals surface area contributed by atoms with E-state index in [4.69, 9.17) is 11.6 Å². The fourth-order valence-electron chi connectivity index (χ4n) is 2.33. The molecule has 1 saturated carbocycles.